The van der Waals surface area contributed by atoms with E-state index in [4.69, 9.17) is 9.26 Å². The zero-order chi connectivity index (χ0) is 14.7. The molecule has 1 aromatic carbocycles. The number of benzene rings is 1. The number of ether oxygens (including phenoxy) is 1. The Morgan fingerprint density at radius 2 is 2.00 bits per heavy atom. The van der Waals surface area contributed by atoms with Crippen LogP contribution in [0.2, 0.25) is 0 Å². The molecule has 0 bridgehead atoms. The summed E-state index contributed by atoms with van der Waals surface area (Å²) in [5.74, 6) is 1.69. The van der Waals surface area contributed by atoms with Crippen molar-refractivity contribution in [3.63, 3.8) is 0 Å². The third kappa shape index (κ3) is 3.28. The van der Waals surface area contributed by atoms with Crippen molar-refractivity contribution in [2.75, 3.05) is 0 Å². The number of rotatable bonds is 4. The molecule has 0 saturated heterocycles. The normalized spacial score (nSPS) is 12.1. The quantitative estimate of drug-likeness (QED) is 0.714. The summed E-state index contributed by atoms with van der Waals surface area (Å²) in [5.41, 5.74) is 0.856. The first-order chi connectivity index (χ1) is 10.2. The molecule has 0 N–H and O–H groups in total. The second-order valence-electron chi connectivity index (χ2n) is 4.41. The SMILES string of the molecule is CC(Oc1cccc(Br)c1)c1nc(-c2ccncc2)no1. The van der Waals surface area contributed by atoms with E-state index in [1.807, 2.05) is 43.3 Å². The molecule has 21 heavy (non-hydrogen) atoms. The molecule has 2 aromatic heterocycles. The lowest BCUT2D eigenvalue weighted by Gasteiger charge is -2.10. The first-order valence-electron chi connectivity index (χ1n) is 6.38. The topological polar surface area (TPSA) is 61.0 Å². The van der Waals surface area contributed by atoms with E-state index in [0.717, 1.165) is 15.8 Å². The van der Waals surface area contributed by atoms with E-state index in [9.17, 15) is 0 Å². The maximum absolute atomic E-state index is 5.79. The fraction of sp³-hybridized carbons (Fsp3) is 0.133. The summed E-state index contributed by atoms with van der Waals surface area (Å²) in [6.07, 6.45) is 3.04. The molecule has 5 nitrogen and oxygen atoms in total. The van der Waals surface area contributed by atoms with Gasteiger partial charge in [0.15, 0.2) is 6.10 Å². The van der Waals surface area contributed by atoms with E-state index in [0.29, 0.717) is 11.7 Å². The molecule has 0 spiro atoms. The van der Waals surface area contributed by atoms with Crippen LogP contribution >= 0.6 is 15.9 Å². The lowest BCUT2D eigenvalue weighted by Crippen LogP contribution is -2.03. The molecule has 6 heteroatoms. The van der Waals surface area contributed by atoms with Gasteiger partial charge in [-0.2, -0.15) is 4.98 Å². The Labute approximate surface area is 130 Å². The van der Waals surface area contributed by atoms with Gasteiger partial charge in [-0.15, -0.1) is 0 Å². The fourth-order valence-electron chi connectivity index (χ4n) is 1.81. The Kier molecular flexibility index (Phi) is 3.96. The number of hydrogen-bond acceptors (Lipinski definition) is 5. The average molecular weight is 346 g/mol. The van der Waals surface area contributed by atoms with Crippen LogP contribution in [0.25, 0.3) is 11.4 Å². The molecule has 0 fully saturated rings. The van der Waals surface area contributed by atoms with Crippen LogP contribution in [0, 0.1) is 0 Å². The van der Waals surface area contributed by atoms with Crippen LogP contribution in [0.1, 0.15) is 18.9 Å². The zero-order valence-corrected chi connectivity index (χ0v) is 12.8. The van der Waals surface area contributed by atoms with Gasteiger partial charge in [0.05, 0.1) is 0 Å². The summed E-state index contributed by atoms with van der Waals surface area (Å²) >= 11 is 3.41. The number of hydrogen-bond donors (Lipinski definition) is 0. The minimum atomic E-state index is -0.331. The third-order valence-electron chi connectivity index (χ3n) is 2.84. The highest BCUT2D eigenvalue weighted by molar-refractivity contribution is 9.10. The predicted octanol–water partition coefficient (Wildman–Crippen LogP) is 4.03. The Balaban J connectivity index is 1.77. The molecule has 0 amide bonds. The number of aromatic nitrogens is 3. The molecule has 3 rings (SSSR count). The molecule has 0 aliphatic rings. The minimum Gasteiger partial charge on any atom is -0.481 e. The van der Waals surface area contributed by atoms with E-state index in [1.54, 1.807) is 12.4 Å². The van der Waals surface area contributed by atoms with Crippen molar-refractivity contribution in [3.8, 4) is 17.1 Å². The van der Waals surface area contributed by atoms with Crippen molar-refractivity contribution in [2.45, 2.75) is 13.0 Å². The monoisotopic (exact) mass is 345 g/mol. The Morgan fingerprint density at radius 3 is 2.76 bits per heavy atom. The third-order valence-corrected chi connectivity index (χ3v) is 3.33. The molecule has 106 valence electrons. The maximum atomic E-state index is 5.79. The van der Waals surface area contributed by atoms with Crippen LogP contribution in [0.15, 0.2) is 57.8 Å². The van der Waals surface area contributed by atoms with Gasteiger partial charge in [0.25, 0.3) is 5.89 Å². The molecule has 3 aromatic rings. The summed E-state index contributed by atoms with van der Waals surface area (Å²) in [6.45, 7) is 1.87. The van der Waals surface area contributed by atoms with E-state index >= 15 is 0 Å². The summed E-state index contributed by atoms with van der Waals surface area (Å²) in [6, 6.07) is 11.3. The van der Waals surface area contributed by atoms with Gasteiger partial charge in [0, 0.05) is 22.4 Å². The molecule has 2 heterocycles. The maximum Gasteiger partial charge on any atom is 0.267 e. The second kappa shape index (κ2) is 6.05. The number of nitrogens with zero attached hydrogens (tertiary/aromatic N) is 3. The first kappa shape index (κ1) is 13.8. The lowest BCUT2D eigenvalue weighted by molar-refractivity contribution is 0.175. The molecule has 1 unspecified atom stereocenters. The standard InChI is InChI=1S/C15H12BrN3O2/c1-10(20-13-4-2-3-12(16)9-13)15-18-14(19-21-15)11-5-7-17-8-6-11/h2-10H,1H3. The van der Waals surface area contributed by atoms with Crippen LogP contribution in [-0.4, -0.2) is 15.1 Å². The Hall–Kier alpha value is -2.21. The molecule has 1 atom stereocenters. The smallest absolute Gasteiger partial charge is 0.267 e. The van der Waals surface area contributed by atoms with Gasteiger partial charge in [-0.1, -0.05) is 27.2 Å². The molecule has 0 aliphatic heterocycles. The highest BCUT2D eigenvalue weighted by Crippen LogP contribution is 2.25. The van der Waals surface area contributed by atoms with Crippen molar-refractivity contribution in [1.29, 1.82) is 0 Å². The van der Waals surface area contributed by atoms with Gasteiger partial charge in [-0.25, -0.2) is 0 Å². The predicted molar refractivity (Wildman–Crippen MR) is 80.7 cm³/mol. The molecular weight excluding hydrogens is 334 g/mol. The highest BCUT2D eigenvalue weighted by Gasteiger charge is 2.16. The molecule has 0 radical (unpaired) electrons. The van der Waals surface area contributed by atoms with Crippen molar-refractivity contribution < 1.29 is 9.26 Å². The minimum absolute atomic E-state index is 0.331. The first-order valence-corrected chi connectivity index (χ1v) is 7.18. The number of halogens is 1. The van der Waals surface area contributed by atoms with Crippen molar-refractivity contribution in [3.05, 3.63) is 59.2 Å². The molecule has 0 saturated carbocycles. The van der Waals surface area contributed by atoms with E-state index in [1.165, 1.54) is 0 Å². The summed E-state index contributed by atoms with van der Waals surface area (Å²) < 4.78 is 12.0. The summed E-state index contributed by atoms with van der Waals surface area (Å²) in [5, 5.41) is 3.96. The van der Waals surface area contributed by atoms with Crippen molar-refractivity contribution in [2.24, 2.45) is 0 Å². The van der Waals surface area contributed by atoms with E-state index < -0.39 is 0 Å². The Morgan fingerprint density at radius 1 is 1.19 bits per heavy atom. The van der Waals surface area contributed by atoms with Crippen LogP contribution in [0.4, 0.5) is 0 Å². The lowest BCUT2D eigenvalue weighted by atomic mass is 10.2. The largest absolute Gasteiger partial charge is 0.481 e. The van der Waals surface area contributed by atoms with Crippen LogP contribution in [-0.2, 0) is 0 Å². The van der Waals surface area contributed by atoms with Gasteiger partial charge < -0.3 is 9.26 Å². The Bertz CT molecular complexity index is 731. The highest BCUT2D eigenvalue weighted by atomic mass is 79.9. The second-order valence-corrected chi connectivity index (χ2v) is 5.33. The fourth-order valence-corrected chi connectivity index (χ4v) is 2.19. The summed E-state index contributed by atoms with van der Waals surface area (Å²) in [4.78, 5) is 8.32. The molecular formula is C15H12BrN3O2. The van der Waals surface area contributed by atoms with Crippen LogP contribution in [0.5, 0.6) is 5.75 Å². The van der Waals surface area contributed by atoms with Crippen LogP contribution in [0.3, 0.4) is 0 Å². The summed E-state index contributed by atoms with van der Waals surface area (Å²) in [7, 11) is 0. The number of pyridine rings is 1. The van der Waals surface area contributed by atoms with E-state index in [-0.39, 0.29) is 6.10 Å². The van der Waals surface area contributed by atoms with Crippen molar-refractivity contribution in [1.82, 2.24) is 15.1 Å². The van der Waals surface area contributed by atoms with E-state index in [2.05, 4.69) is 31.1 Å². The average Bonchev–Trinajstić information content (AvgIpc) is 2.98. The van der Waals surface area contributed by atoms with Crippen molar-refractivity contribution >= 4 is 15.9 Å². The van der Waals surface area contributed by atoms with Gasteiger partial charge in [-0.05, 0) is 37.3 Å². The van der Waals surface area contributed by atoms with Crippen LogP contribution < -0.4 is 4.74 Å². The van der Waals surface area contributed by atoms with Gasteiger partial charge in [0.1, 0.15) is 5.75 Å². The zero-order valence-electron chi connectivity index (χ0n) is 11.2. The molecule has 0 aliphatic carbocycles. The van der Waals surface area contributed by atoms with Gasteiger partial charge in [0.2, 0.25) is 5.82 Å². The van der Waals surface area contributed by atoms with Gasteiger partial charge in [-0.3, -0.25) is 4.98 Å². The van der Waals surface area contributed by atoms with Gasteiger partial charge >= 0.3 is 0 Å².